The molecule has 0 radical (unpaired) electrons. The molecule has 0 amide bonds. The third kappa shape index (κ3) is 0.789. The van der Waals surface area contributed by atoms with E-state index in [1.165, 1.54) is 25.9 Å². The van der Waals surface area contributed by atoms with Gasteiger partial charge in [-0.3, -0.25) is 0 Å². The maximum atomic E-state index is 5.91. The first-order valence-corrected chi connectivity index (χ1v) is 4.31. The van der Waals surface area contributed by atoms with Crippen molar-refractivity contribution < 1.29 is 0 Å². The van der Waals surface area contributed by atoms with E-state index in [1.807, 2.05) is 0 Å². The van der Waals surface area contributed by atoms with Crippen molar-refractivity contribution in [2.45, 2.75) is 31.8 Å². The quantitative estimate of drug-likeness (QED) is 0.572. The van der Waals surface area contributed by atoms with Gasteiger partial charge in [0.15, 0.2) is 0 Å². The number of nitrogens with two attached hydrogens (primary N) is 1. The van der Waals surface area contributed by atoms with Crippen molar-refractivity contribution >= 4 is 0 Å². The zero-order valence-electron chi connectivity index (χ0n) is 6.59. The molecule has 0 aromatic heterocycles. The molecule has 3 atom stereocenters. The summed E-state index contributed by atoms with van der Waals surface area (Å²) < 4.78 is 0. The summed E-state index contributed by atoms with van der Waals surface area (Å²) in [5.41, 5.74) is 5.91. The third-order valence-corrected chi connectivity index (χ3v) is 3.12. The minimum Gasteiger partial charge on any atom is -0.327 e. The van der Waals surface area contributed by atoms with Gasteiger partial charge < -0.3 is 10.6 Å². The van der Waals surface area contributed by atoms with Crippen LogP contribution >= 0.6 is 0 Å². The van der Waals surface area contributed by atoms with Gasteiger partial charge in [0, 0.05) is 18.6 Å². The average molecular weight is 140 g/mol. The zero-order valence-corrected chi connectivity index (χ0v) is 6.59. The predicted molar refractivity (Wildman–Crippen MR) is 41.7 cm³/mol. The topological polar surface area (TPSA) is 29.3 Å². The molecule has 58 valence electrons. The minimum atomic E-state index is 0.521. The monoisotopic (exact) mass is 140 g/mol. The summed E-state index contributed by atoms with van der Waals surface area (Å²) in [4.78, 5) is 2.56. The molecule has 0 aromatic rings. The summed E-state index contributed by atoms with van der Waals surface area (Å²) in [6.45, 7) is 4.72. The van der Waals surface area contributed by atoms with E-state index in [0.717, 1.165) is 12.0 Å². The van der Waals surface area contributed by atoms with Gasteiger partial charge >= 0.3 is 0 Å². The molecule has 2 heteroatoms. The Bertz CT molecular complexity index is 133. The molecule has 1 saturated heterocycles. The van der Waals surface area contributed by atoms with E-state index in [-0.39, 0.29) is 0 Å². The molecule has 2 aliphatic rings. The summed E-state index contributed by atoms with van der Waals surface area (Å²) in [6, 6.07) is 1.36. The smallest absolute Gasteiger partial charge is 0.0114 e. The van der Waals surface area contributed by atoms with Crippen LogP contribution in [0.1, 0.15) is 19.8 Å². The maximum Gasteiger partial charge on any atom is 0.0114 e. The number of likely N-dealkylation sites (tertiary alicyclic amines) is 1. The van der Waals surface area contributed by atoms with Crippen molar-refractivity contribution in [2.24, 2.45) is 11.7 Å². The largest absolute Gasteiger partial charge is 0.327 e. The van der Waals surface area contributed by atoms with E-state index >= 15 is 0 Å². The van der Waals surface area contributed by atoms with Gasteiger partial charge in [0.05, 0.1) is 0 Å². The van der Waals surface area contributed by atoms with Crippen molar-refractivity contribution in [3.05, 3.63) is 0 Å². The van der Waals surface area contributed by atoms with E-state index in [0.29, 0.717) is 6.04 Å². The summed E-state index contributed by atoms with van der Waals surface area (Å²) in [6.07, 6.45) is 2.62. The van der Waals surface area contributed by atoms with Gasteiger partial charge in [-0.25, -0.2) is 0 Å². The summed E-state index contributed by atoms with van der Waals surface area (Å²) in [7, 11) is 0. The number of piperidine rings is 1. The highest BCUT2D eigenvalue weighted by atomic mass is 15.2. The van der Waals surface area contributed by atoms with Gasteiger partial charge in [0.2, 0.25) is 0 Å². The second-order valence-corrected chi connectivity index (χ2v) is 3.64. The molecule has 2 fully saturated rings. The van der Waals surface area contributed by atoms with Crippen LogP contribution in [0.25, 0.3) is 0 Å². The minimum absolute atomic E-state index is 0.521. The second kappa shape index (κ2) is 2.21. The molecule has 2 bridgehead atoms. The lowest BCUT2D eigenvalue weighted by Gasteiger charge is -2.28. The molecule has 1 aliphatic heterocycles. The fourth-order valence-electron chi connectivity index (χ4n) is 2.47. The summed E-state index contributed by atoms with van der Waals surface area (Å²) in [5, 5.41) is 0. The molecule has 0 aromatic carbocycles. The SMILES string of the molecule is CCN1CC2C[C@H]1C[C@@H]2N. The van der Waals surface area contributed by atoms with Crippen LogP contribution < -0.4 is 5.73 Å². The first kappa shape index (κ1) is 6.62. The van der Waals surface area contributed by atoms with Crippen LogP contribution in [-0.4, -0.2) is 30.1 Å². The third-order valence-electron chi connectivity index (χ3n) is 3.12. The number of nitrogens with zero attached hydrogens (tertiary/aromatic N) is 1. The first-order valence-electron chi connectivity index (χ1n) is 4.31. The van der Waals surface area contributed by atoms with Crippen LogP contribution in [0, 0.1) is 5.92 Å². The maximum absolute atomic E-state index is 5.91. The van der Waals surface area contributed by atoms with Gasteiger partial charge in [-0.15, -0.1) is 0 Å². The predicted octanol–water partition coefficient (Wildman–Crippen LogP) is 0.428. The normalized spacial score (nSPS) is 46.8. The Hall–Kier alpha value is -0.0800. The molecule has 2 N–H and O–H groups in total. The van der Waals surface area contributed by atoms with Gasteiger partial charge in [-0.05, 0) is 25.3 Å². The van der Waals surface area contributed by atoms with Crippen LogP contribution in [0.2, 0.25) is 0 Å². The Morgan fingerprint density at radius 3 is 2.70 bits per heavy atom. The van der Waals surface area contributed by atoms with E-state index in [1.54, 1.807) is 0 Å². The zero-order chi connectivity index (χ0) is 7.14. The molecule has 0 spiro atoms. The molecule has 10 heavy (non-hydrogen) atoms. The Labute approximate surface area is 62.4 Å². The molecule has 2 nitrogen and oxygen atoms in total. The van der Waals surface area contributed by atoms with E-state index < -0.39 is 0 Å². The number of rotatable bonds is 1. The van der Waals surface area contributed by atoms with Crippen molar-refractivity contribution in [1.29, 1.82) is 0 Å². The summed E-state index contributed by atoms with van der Waals surface area (Å²) >= 11 is 0. The second-order valence-electron chi connectivity index (χ2n) is 3.64. The van der Waals surface area contributed by atoms with Gasteiger partial charge in [-0.2, -0.15) is 0 Å². The average Bonchev–Trinajstić information content (AvgIpc) is 2.44. The molecule has 1 saturated carbocycles. The molecular weight excluding hydrogens is 124 g/mol. The van der Waals surface area contributed by atoms with Crippen LogP contribution in [0.3, 0.4) is 0 Å². The standard InChI is InChI=1S/C8H16N2/c1-2-10-5-6-3-7(10)4-8(6)9/h6-8H,2-5,9H2,1H3/t6?,7-,8-/m0/s1. The number of hydrogen-bond acceptors (Lipinski definition) is 2. The van der Waals surface area contributed by atoms with Crippen molar-refractivity contribution in [2.75, 3.05) is 13.1 Å². The Balaban J connectivity index is 2.02. The fourth-order valence-corrected chi connectivity index (χ4v) is 2.47. The molecular formula is C8H16N2. The van der Waals surface area contributed by atoms with Crippen LogP contribution in [-0.2, 0) is 0 Å². The Kier molecular flexibility index (Phi) is 1.46. The number of fused-ring (bicyclic) bond motifs is 2. The van der Waals surface area contributed by atoms with Crippen LogP contribution in [0.15, 0.2) is 0 Å². The molecule has 1 aliphatic carbocycles. The Morgan fingerprint density at radius 1 is 1.50 bits per heavy atom. The lowest BCUT2D eigenvalue weighted by molar-refractivity contribution is 0.210. The van der Waals surface area contributed by atoms with Crippen molar-refractivity contribution in [1.82, 2.24) is 4.90 Å². The first-order chi connectivity index (χ1) is 4.81. The van der Waals surface area contributed by atoms with Crippen LogP contribution in [0.4, 0.5) is 0 Å². The highest BCUT2D eigenvalue weighted by Gasteiger charge is 2.41. The van der Waals surface area contributed by atoms with Crippen molar-refractivity contribution in [3.8, 4) is 0 Å². The highest BCUT2D eigenvalue weighted by molar-refractivity contribution is 4.98. The van der Waals surface area contributed by atoms with Gasteiger partial charge in [0.1, 0.15) is 0 Å². The number of hydrogen-bond donors (Lipinski definition) is 1. The molecule has 1 heterocycles. The lowest BCUT2D eigenvalue weighted by Crippen LogP contribution is -2.40. The highest BCUT2D eigenvalue weighted by Crippen LogP contribution is 2.36. The molecule has 2 rings (SSSR count). The van der Waals surface area contributed by atoms with Gasteiger partial charge in [-0.1, -0.05) is 6.92 Å². The van der Waals surface area contributed by atoms with E-state index in [9.17, 15) is 0 Å². The van der Waals surface area contributed by atoms with Gasteiger partial charge in [0.25, 0.3) is 0 Å². The van der Waals surface area contributed by atoms with Crippen LogP contribution in [0.5, 0.6) is 0 Å². The van der Waals surface area contributed by atoms with E-state index in [4.69, 9.17) is 5.73 Å². The fraction of sp³-hybridized carbons (Fsp3) is 1.00. The summed E-state index contributed by atoms with van der Waals surface area (Å²) in [5.74, 6) is 0.824. The lowest BCUT2D eigenvalue weighted by atomic mass is 10.0. The molecule has 1 unspecified atom stereocenters. The Morgan fingerprint density at radius 2 is 2.30 bits per heavy atom. The van der Waals surface area contributed by atoms with Crippen molar-refractivity contribution in [3.63, 3.8) is 0 Å². The van der Waals surface area contributed by atoms with E-state index in [2.05, 4.69) is 11.8 Å².